The van der Waals surface area contributed by atoms with Crippen molar-refractivity contribution in [2.75, 3.05) is 0 Å². The van der Waals surface area contributed by atoms with Crippen LogP contribution in [0, 0.1) is 0 Å². The molecule has 0 rings (SSSR count). The van der Waals surface area contributed by atoms with Gasteiger partial charge in [0.15, 0.2) is 0 Å². The molecule has 0 N–H and O–H groups in total. The Hall–Kier alpha value is 4.27. The first-order valence-electron chi connectivity index (χ1n) is 3.08. The minimum Gasteiger partial charge on any atom is -0.387 e. The SMILES string of the molecule is Cl[Si](Cl)(Cl)O[Si](Cl)(Cl)Cl.Cl[Si](Cl)(Cl)O[Si](Cl)(Cl)Cl. The second-order valence-corrected chi connectivity index (χ2v) is 33.3. The van der Waals surface area contributed by atoms with Gasteiger partial charge in [-0.15, -0.1) is 0 Å². The van der Waals surface area contributed by atoms with Gasteiger partial charge in [-0.3, -0.25) is 0 Å². The highest BCUT2D eigenvalue weighted by Gasteiger charge is 2.41. The van der Waals surface area contributed by atoms with Gasteiger partial charge in [-0.1, -0.05) is 133 Å². The minimum atomic E-state index is -3.21. The third-order valence-corrected chi connectivity index (χ3v) is 12.5. The molecule has 0 aromatic rings. The molecule has 0 amide bonds. The average Bonchev–Trinajstić information content (AvgIpc) is 1.64. The first-order chi connectivity index (χ1) is 7.41. The van der Waals surface area contributed by atoms with Crippen LogP contribution < -0.4 is 0 Å². The van der Waals surface area contributed by atoms with Gasteiger partial charge in [0.2, 0.25) is 0 Å². The Kier molecular flexibility index (Phi) is 13.0. The molecule has 0 aromatic carbocycles. The quantitative estimate of drug-likeness (QED) is 0.280. The molecule has 18 heteroatoms. The molecule has 0 atom stereocenters. The minimum absolute atomic E-state index is 3.21. The zero-order chi connectivity index (χ0) is 15.4. The maximum absolute atomic E-state index is 5.25. The maximum Gasteiger partial charge on any atom is 0.485 e. The summed E-state index contributed by atoms with van der Waals surface area (Å²) in [7, 11) is 0. The largest absolute Gasteiger partial charge is 0.485 e. The van der Waals surface area contributed by atoms with E-state index in [2.05, 4.69) is 8.23 Å². The van der Waals surface area contributed by atoms with Crippen molar-refractivity contribution in [1.82, 2.24) is 0 Å². The van der Waals surface area contributed by atoms with Crippen molar-refractivity contribution in [3.05, 3.63) is 0 Å². The van der Waals surface area contributed by atoms with Gasteiger partial charge in [0.05, 0.1) is 0 Å². The average molecular weight is 570 g/mol. The topological polar surface area (TPSA) is 18.5 Å². The lowest BCUT2D eigenvalue weighted by atomic mass is 15.8. The highest BCUT2D eigenvalue weighted by Crippen LogP contribution is 2.32. The summed E-state index contributed by atoms with van der Waals surface area (Å²) in [6, 6.07) is 0. The van der Waals surface area contributed by atoms with Crippen LogP contribution in [0.1, 0.15) is 0 Å². The maximum atomic E-state index is 5.25. The normalized spacial score (nSPS) is 14.0. The second kappa shape index (κ2) is 9.54. The number of hydrogen-bond donors (Lipinski definition) is 0. The van der Waals surface area contributed by atoms with Crippen molar-refractivity contribution in [1.29, 1.82) is 0 Å². The van der Waals surface area contributed by atoms with E-state index in [4.69, 9.17) is 133 Å². The van der Waals surface area contributed by atoms with Crippen LogP contribution in [-0.4, -0.2) is 25.0 Å². The first-order valence-corrected chi connectivity index (χ1v) is 22.9. The molecule has 0 aliphatic heterocycles. The summed E-state index contributed by atoms with van der Waals surface area (Å²) in [5.74, 6) is 0. The molecular formula is Cl12O2Si4. The van der Waals surface area contributed by atoms with Gasteiger partial charge in [0.1, 0.15) is 0 Å². The fraction of sp³-hybridized carbons (Fsp3) is 0. The van der Waals surface area contributed by atoms with Gasteiger partial charge in [-0.25, -0.2) is 0 Å². The van der Waals surface area contributed by atoms with Gasteiger partial charge in [0, 0.05) is 0 Å². The molecule has 0 saturated carbocycles. The summed E-state index contributed by atoms with van der Waals surface area (Å²) >= 11 is 63.0. The molecule has 0 aliphatic carbocycles. The lowest BCUT2D eigenvalue weighted by Gasteiger charge is -2.13. The van der Waals surface area contributed by atoms with Crippen LogP contribution in [0.2, 0.25) is 0 Å². The van der Waals surface area contributed by atoms with Crippen molar-refractivity contribution < 1.29 is 8.23 Å². The molecule has 0 unspecified atom stereocenters. The molecule has 0 saturated heterocycles. The molecule has 0 heterocycles. The predicted octanol–water partition coefficient (Wildman–Crippen LogP) is 6.61. The van der Waals surface area contributed by atoms with E-state index in [0.29, 0.717) is 0 Å². The Morgan fingerprint density at radius 1 is 0.333 bits per heavy atom. The molecule has 0 spiro atoms. The molecule has 2 nitrogen and oxygen atoms in total. The van der Waals surface area contributed by atoms with E-state index in [1.54, 1.807) is 0 Å². The summed E-state index contributed by atoms with van der Waals surface area (Å²) in [5, 5.41) is 0. The third-order valence-electron chi connectivity index (χ3n) is 0.463. The summed E-state index contributed by atoms with van der Waals surface area (Å²) in [6.07, 6.45) is -12.8. The molecule has 112 valence electrons. The fourth-order valence-corrected chi connectivity index (χ4v) is 21.3. The monoisotopic (exact) mass is 564 g/mol. The first kappa shape index (κ1) is 24.5. The van der Waals surface area contributed by atoms with E-state index in [1.165, 1.54) is 0 Å². The van der Waals surface area contributed by atoms with Gasteiger partial charge >= 0.3 is 25.0 Å². The smallest absolute Gasteiger partial charge is 0.387 e. The molecular weight excluding hydrogens is 570 g/mol. The Balaban J connectivity index is 0. The van der Waals surface area contributed by atoms with E-state index in [0.717, 1.165) is 0 Å². The number of rotatable bonds is 4. The number of hydrogen-bond acceptors (Lipinski definition) is 2. The summed E-state index contributed by atoms with van der Waals surface area (Å²) < 4.78 is 8.99. The van der Waals surface area contributed by atoms with Crippen LogP contribution in [0.5, 0.6) is 0 Å². The van der Waals surface area contributed by atoms with Crippen LogP contribution in [0.25, 0.3) is 0 Å². The van der Waals surface area contributed by atoms with Crippen LogP contribution in [-0.2, 0) is 8.23 Å². The van der Waals surface area contributed by atoms with E-state index >= 15 is 0 Å². The summed E-state index contributed by atoms with van der Waals surface area (Å²) in [4.78, 5) is 0. The zero-order valence-corrected chi connectivity index (χ0v) is 20.4. The van der Waals surface area contributed by atoms with Crippen LogP contribution in [0.4, 0.5) is 0 Å². The number of halogens is 12. The molecule has 0 aliphatic rings. The van der Waals surface area contributed by atoms with Crippen molar-refractivity contribution in [3.63, 3.8) is 0 Å². The molecule has 0 bridgehead atoms. The third kappa shape index (κ3) is 28.4. The van der Waals surface area contributed by atoms with Gasteiger partial charge in [0.25, 0.3) is 0 Å². The summed E-state index contributed by atoms with van der Waals surface area (Å²) in [6.45, 7) is 0. The zero-order valence-electron chi connectivity index (χ0n) is 7.35. The van der Waals surface area contributed by atoms with Crippen molar-refractivity contribution in [2.24, 2.45) is 0 Å². The van der Waals surface area contributed by atoms with Crippen molar-refractivity contribution >= 4 is 158 Å². The lowest BCUT2D eigenvalue weighted by Crippen LogP contribution is -2.29. The van der Waals surface area contributed by atoms with E-state index < -0.39 is 25.0 Å². The Morgan fingerprint density at radius 2 is 0.444 bits per heavy atom. The Morgan fingerprint density at radius 3 is 0.444 bits per heavy atom. The van der Waals surface area contributed by atoms with Crippen LogP contribution in [0.3, 0.4) is 0 Å². The lowest BCUT2D eigenvalue weighted by molar-refractivity contribution is 0.644. The van der Waals surface area contributed by atoms with E-state index in [-0.39, 0.29) is 0 Å². The van der Waals surface area contributed by atoms with Gasteiger partial charge in [-0.05, 0) is 0 Å². The van der Waals surface area contributed by atoms with Crippen LogP contribution >= 0.6 is 133 Å². The van der Waals surface area contributed by atoms with E-state index in [1.807, 2.05) is 0 Å². The predicted molar refractivity (Wildman–Crippen MR) is 95.4 cm³/mol. The highest BCUT2D eigenvalue weighted by atomic mass is 35.9. The summed E-state index contributed by atoms with van der Waals surface area (Å²) in [5.41, 5.74) is 0. The fourth-order valence-electron chi connectivity index (χ4n) is 0.262. The molecule has 0 aromatic heterocycles. The van der Waals surface area contributed by atoms with Gasteiger partial charge in [-0.2, -0.15) is 0 Å². The van der Waals surface area contributed by atoms with Crippen molar-refractivity contribution in [2.45, 2.75) is 0 Å². The Bertz CT molecular complexity index is 178. The van der Waals surface area contributed by atoms with Crippen LogP contribution in [0.15, 0.2) is 0 Å². The highest BCUT2D eigenvalue weighted by molar-refractivity contribution is 7.70. The van der Waals surface area contributed by atoms with E-state index in [9.17, 15) is 0 Å². The van der Waals surface area contributed by atoms with Crippen molar-refractivity contribution in [3.8, 4) is 0 Å². The standard InChI is InChI=1S/2Cl6OSi2/c2*1-8(2,3)7-9(4,5)6. The van der Waals surface area contributed by atoms with Gasteiger partial charge < -0.3 is 8.23 Å². The molecule has 18 heavy (non-hydrogen) atoms. The Labute approximate surface area is 164 Å². The second-order valence-electron chi connectivity index (χ2n) is 1.99. The molecule has 0 fully saturated rings. The molecule has 0 radical (unpaired) electrons.